The Labute approximate surface area is 137 Å². The third kappa shape index (κ3) is 5.03. The fourth-order valence-corrected chi connectivity index (χ4v) is 4.13. The van der Waals surface area contributed by atoms with E-state index in [9.17, 15) is 17.6 Å². The van der Waals surface area contributed by atoms with E-state index < -0.39 is 9.84 Å². The van der Waals surface area contributed by atoms with Gasteiger partial charge in [0, 0.05) is 13.1 Å². The first-order valence-corrected chi connectivity index (χ1v) is 9.73. The molecule has 1 aromatic carbocycles. The van der Waals surface area contributed by atoms with E-state index in [1.807, 2.05) is 0 Å². The summed E-state index contributed by atoms with van der Waals surface area (Å²) in [4.78, 5) is 14.0. The average molecular weight is 341 g/mol. The van der Waals surface area contributed by atoms with E-state index in [2.05, 4.69) is 0 Å². The molecule has 1 saturated heterocycles. The van der Waals surface area contributed by atoms with Crippen LogP contribution in [-0.4, -0.2) is 43.3 Å². The number of sulfone groups is 1. The van der Waals surface area contributed by atoms with Crippen molar-refractivity contribution in [2.24, 2.45) is 5.92 Å². The molecule has 1 aliphatic heterocycles. The van der Waals surface area contributed by atoms with E-state index in [4.69, 9.17) is 0 Å². The summed E-state index contributed by atoms with van der Waals surface area (Å²) < 4.78 is 36.8. The molecule has 0 spiro atoms. The molecule has 1 amide bonds. The minimum absolute atomic E-state index is 0.0155. The molecule has 6 heteroatoms. The van der Waals surface area contributed by atoms with Crippen molar-refractivity contribution < 1.29 is 17.6 Å². The highest BCUT2D eigenvalue weighted by atomic mass is 32.2. The van der Waals surface area contributed by atoms with Crippen LogP contribution in [0.25, 0.3) is 0 Å². The number of piperidine rings is 1. The van der Waals surface area contributed by atoms with Crippen molar-refractivity contribution in [2.45, 2.75) is 38.4 Å². The maximum atomic E-state index is 12.9. The number of halogens is 1. The molecule has 23 heavy (non-hydrogen) atoms. The predicted molar refractivity (Wildman–Crippen MR) is 88.3 cm³/mol. The molecule has 1 heterocycles. The number of benzene rings is 1. The second kappa shape index (κ2) is 7.43. The molecule has 0 atom stereocenters. The zero-order chi connectivity index (χ0) is 17.0. The van der Waals surface area contributed by atoms with Gasteiger partial charge in [-0.25, -0.2) is 12.8 Å². The van der Waals surface area contributed by atoms with Gasteiger partial charge in [0.15, 0.2) is 9.84 Å². The number of rotatable bonds is 5. The van der Waals surface area contributed by atoms with Gasteiger partial charge in [-0.15, -0.1) is 0 Å². The molecule has 2 rings (SSSR count). The van der Waals surface area contributed by atoms with Gasteiger partial charge in [0.25, 0.3) is 0 Å². The van der Waals surface area contributed by atoms with Gasteiger partial charge < -0.3 is 4.90 Å². The zero-order valence-electron chi connectivity index (χ0n) is 13.7. The van der Waals surface area contributed by atoms with Crippen LogP contribution < -0.4 is 0 Å². The Balaban J connectivity index is 1.84. The second-order valence-electron chi connectivity index (χ2n) is 6.51. The molecular weight excluding hydrogens is 317 g/mol. The SMILES string of the molecule is CC(C)S(=O)(=O)CC1CCN(C(=O)Cc2ccc(F)cc2)CC1. The summed E-state index contributed by atoms with van der Waals surface area (Å²) >= 11 is 0. The lowest BCUT2D eigenvalue weighted by Gasteiger charge is -2.32. The van der Waals surface area contributed by atoms with Crippen molar-refractivity contribution in [3.63, 3.8) is 0 Å². The maximum absolute atomic E-state index is 12.9. The number of hydrogen-bond acceptors (Lipinski definition) is 3. The summed E-state index contributed by atoms with van der Waals surface area (Å²) in [6, 6.07) is 5.95. The summed E-state index contributed by atoms with van der Waals surface area (Å²) in [5.74, 6) is 0.0532. The number of likely N-dealkylation sites (tertiary alicyclic amines) is 1. The number of carbonyl (C=O) groups is 1. The highest BCUT2D eigenvalue weighted by Gasteiger charge is 2.27. The van der Waals surface area contributed by atoms with Gasteiger partial charge >= 0.3 is 0 Å². The predicted octanol–water partition coefficient (Wildman–Crippen LogP) is 2.43. The minimum atomic E-state index is -3.03. The van der Waals surface area contributed by atoms with Crippen LogP contribution in [-0.2, 0) is 21.1 Å². The Morgan fingerprint density at radius 1 is 1.22 bits per heavy atom. The normalized spacial score (nSPS) is 16.8. The maximum Gasteiger partial charge on any atom is 0.226 e. The van der Waals surface area contributed by atoms with Crippen molar-refractivity contribution in [1.82, 2.24) is 4.90 Å². The van der Waals surface area contributed by atoms with Crippen LogP contribution in [0.3, 0.4) is 0 Å². The monoisotopic (exact) mass is 341 g/mol. The first-order chi connectivity index (χ1) is 10.8. The van der Waals surface area contributed by atoms with Crippen molar-refractivity contribution >= 4 is 15.7 Å². The molecule has 0 saturated carbocycles. The number of nitrogens with zero attached hydrogens (tertiary/aromatic N) is 1. The third-order valence-electron chi connectivity index (χ3n) is 4.42. The van der Waals surface area contributed by atoms with E-state index in [0.717, 1.165) is 18.4 Å². The van der Waals surface area contributed by atoms with Gasteiger partial charge in [0.2, 0.25) is 5.91 Å². The number of amides is 1. The summed E-state index contributed by atoms with van der Waals surface area (Å²) in [6.45, 7) is 4.60. The second-order valence-corrected chi connectivity index (χ2v) is 9.11. The van der Waals surface area contributed by atoms with Gasteiger partial charge in [-0.3, -0.25) is 4.79 Å². The van der Waals surface area contributed by atoms with Gasteiger partial charge in [-0.1, -0.05) is 12.1 Å². The summed E-state index contributed by atoms with van der Waals surface area (Å²) in [7, 11) is -3.03. The van der Waals surface area contributed by atoms with Crippen LogP contribution >= 0.6 is 0 Å². The van der Waals surface area contributed by atoms with Crippen molar-refractivity contribution in [1.29, 1.82) is 0 Å². The van der Waals surface area contributed by atoms with E-state index in [1.54, 1.807) is 30.9 Å². The zero-order valence-corrected chi connectivity index (χ0v) is 14.5. The van der Waals surface area contributed by atoms with Crippen LogP contribution in [0.1, 0.15) is 32.3 Å². The molecule has 0 unspecified atom stereocenters. The van der Waals surface area contributed by atoms with Gasteiger partial charge in [-0.2, -0.15) is 0 Å². The molecule has 0 aromatic heterocycles. The summed E-state index contributed by atoms with van der Waals surface area (Å²) in [5, 5.41) is -0.347. The molecule has 128 valence electrons. The Morgan fingerprint density at radius 3 is 2.30 bits per heavy atom. The van der Waals surface area contributed by atoms with E-state index in [0.29, 0.717) is 13.1 Å². The number of hydrogen-bond donors (Lipinski definition) is 0. The third-order valence-corrected chi connectivity index (χ3v) is 6.79. The summed E-state index contributed by atoms with van der Waals surface area (Å²) in [6.07, 6.45) is 1.71. The Bertz CT molecular complexity index is 632. The average Bonchev–Trinajstić information content (AvgIpc) is 2.49. The van der Waals surface area contributed by atoms with Gasteiger partial charge in [-0.05, 0) is 50.3 Å². The van der Waals surface area contributed by atoms with Crippen LogP contribution in [0.15, 0.2) is 24.3 Å². The highest BCUT2D eigenvalue weighted by Crippen LogP contribution is 2.21. The lowest BCUT2D eigenvalue weighted by atomic mass is 9.98. The largest absolute Gasteiger partial charge is 0.342 e. The molecule has 1 aliphatic rings. The molecule has 1 fully saturated rings. The van der Waals surface area contributed by atoms with Crippen molar-refractivity contribution in [2.75, 3.05) is 18.8 Å². The summed E-state index contributed by atoms with van der Waals surface area (Å²) in [5.41, 5.74) is 0.793. The van der Waals surface area contributed by atoms with Crippen molar-refractivity contribution in [3.8, 4) is 0 Å². The molecule has 0 N–H and O–H groups in total. The van der Waals surface area contributed by atoms with Gasteiger partial charge in [0.1, 0.15) is 5.82 Å². The van der Waals surface area contributed by atoms with Crippen LogP contribution in [0.5, 0.6) is 0 Å². The quantitative estimate of drug-likeness (QED) is 0.826. The fourth-order valence-electron chi connectivity index (χ4n) is 2.76. The molecule has 0 bridgehead atoms. The molecule has 0 radical (unpaired) electrons. The van der Waals surface area contributed by atoms with Crippen LogP contribution in [0.2, 0.25) is 0 Å². The minimum Gasteiger partial charge on any atom is -0.342 e. The van der Waals surface area contributed by atoms with E-state index >= 15 is 0 Å². The fraction of sp³-hybridized carbons (Fsp3) is 0.588. The lowest BCUT2D eigenvalue weighted by molar-refractivity contribution is -0.131. The standard InChI is InChI=1S/C17H24FNO3S/c1-13(2)23(21,22)12-15-7-9-19(10-8-15)17(20)11-14-3-5-16(18)6-4-14/h3-6,13,15H,7-12H2,1-2H3. The van der Waals surface area contributed by atoms with E-state index in [1.165, 1.54) is 12.1 Å². The molecular formula is C17H24FNO3S. The highest BCUT2D eigenvalue weighted by molar-refractivity contribution is 7.91. The Morgan fingerprint density at radius 2 is 1.78 bits per heavy atom. The topological polar surface area (TPSA) is 54.5 Å². The van der Waals surface area contributed by atoms with Crippen molar-refractivity contribution in [3.05, 3.63) is 35.6 Å². The first kappa shape index (κ1) is 17.9. The van der Waals surface area contributed by atoms with Crippen LogP contribution in [0, 0.1) is 11.7 Å². The van der Waals surface area contributed by atoms with Crippen LogP contribution in [0.4, 0.5) is 4.39 Å². The Hall–Kier alpha value is -1.43. The van der Waals surface area contributed by atoms with Gasteiger partial charge in [0.05, 0.1) is 17.4 Å². The number of carbonyl (C=O) groups excluding carboxylic acids is 1. The Kier molecular flexibility index (Phi) is 5.79. The lowest BCUT2D eigenvalue weighted by Crippen LogP contribution is -2.41. The molecule has 0 aliphatic carbocycles. The molecule has 4 nitrogen and oxygen atoms in total. The first-order valence-electron chi connectivity index (χ1n) is 8.01. The molecule has 1 aromatic rings. The van der Waals surface area contributed by atoms with E-state index in [-0.39, 0.29) is 35.1 Å². The smallest absolute Gasteiger partial charge is 0.226 e.